The number of aromatic nitrogens is 3. The quantitative estimate of drug-likeness (QED) is 0.692. The fourth-order valence-corrected chi connectivity index (χ4v) is 1.31. The van der Waals surface area contributed by atoms with Crippen molar-refractivity contribution in [3.05, 3.63) is 11.9 Å². The van der Waals surface area contributed by atoms with Crippen LogP contribution in [0.25, 0.3) is 0 Å². The van der Waals surface area contributed by atoms with Gasteiger partial charge in [0.25, 0.3) is 0 Å². The summed E-state index contributed by atoms with van der Waals surface area (Å²) in [4.78, 5) is 2.13. The van der Waals surface area contributed by atoms with Gasteiger partial charge < -0.3 is 10.2 Å². The van der Waals surface area contributed by atoms with Crippen LogP contribution in [0.1, 0.15) is 11.7 Å². The molecule has 1 heterocycles. The van der Waals surface area contributed by atoms with Crippen LogP contribution in [0.5, 0.6) is 0 Å². The molecule has 0 aliphatic carbocycles. The van der Waals surface area contributed by atoms with E-state index in [1.165, 1.54) is 0 Å². The van der Waals surface area contributed by atoms with Gasteiger partial charge in [0.1, 0.15) is 0 Å². The molecule has 1 atom stereocenters. The maximum absolute atomic E-state index is 3.90. The molecule has 5 nitrogen and oxygen atoms in total. The Kier molecular flexibility index (Phi) is 3.39. The van der Waals surface area contributed by atoms with Crippen LogP contribution >= 0.6 is 0 Å². The normalized spacial score (nSPS) is 13.6. The highest BCUT2D eigenvalue weighted by Gasteiger charge is 2.13. The largest absolute Gasteiger partial charge is 0.311 e. The second-order valence-corrected chi connectivity index (χ2v) is 3.39. The third-order valence-electron chi connectivity index (χ3n) is 2.00. The Morgan fingerprint density at radius 2 is 2.31 bits per heavy atom. The van der Waals surface area contributed by atoms with Gasteiger partial charge in [0.15, 0.2) is 0 Å². The zero-order valence-electron chi connectivity index (χ0n) is 8.65. The van der Waals surface area contributed by atoms with Gasteiger partial charge >= 0.3 is 0 Å². The zero-order chi connectivity index (χ0) is 9.84. The first-order valence-corrected chi connectivity index (χ1v) is 4.31. The van der Waals surface area contributed by atoms with Crippen molar-refractivity contribution in [1.29, 1.82) is 0 Å². The van der Waals surface area contributed by atoms with E-state index < -0.39 is 0 Å². The lowest BCUT2D eigenvalue weighted by Gasteiger charge is -2.19. The maximum atomic E-state index is 3.90. The Hall–Kier alpha value is -0.940. The fourth-order valence-electron chi connectivity index (χ4n) is 1.31. The molecule has 1 rings (SSSR count). The Morgan fingerprint density at radius 1 is 1.62 bits per heavy atom. The van der Waals surface area contributed by atoms with E-state index in [1.54, 1.807) is 10.9 Å². The molecule has 0 aromatic carbocycles. The SMILES string of the molecule is CNC(CN(C)C)c1cnnn1C. The highest BCUT2D eigenvalue weighted by atomic mass is 15.4. The third kappa shape index (κ3) is 2.50. The van der Waals surface area contributed by atoms with Gasteiger partial charge in [-0.3, -0.25) is 4.68 Å². The molecule has 5 heteroatoms. The molecule has 1 unspecified atom stereocenters. The van der Waals surface area contributed by atoms with Gasteiger partial charge in [-0.05, 0) is 21.1 Å². The van der Waals surface area contributed by atoms with E-state index in [9.17, 15) is 0 Å². The Bertz CT molecular complexity index is 255. The molecule has 0 amide bonds. The van der Waals surface area contributed by atoms with Crippen molar-refractivity contribution in [2.24, 2.45) is 7.05 Å². The summed E-state index contributed by atoms with van der Waals surface area (Å²) in [5.41, 5.74) is 1.11. The second-order valence-electron chi connectivity index (χ2n) is 3.39. The van der Waals surface area contributed by atoms with E-state index >= 15 is 0 Å². The van der Waals surface area contributed by atoms with Crippen LogP contribution in [0.15, 0.2) is 6.20 Å². The predicted octanol–water partition coefficient (Wildman–Crippen LogP) is -0.363. The molecule has 13 heavy (non-hydrogen) atoms. The standard InChI is InChI=1S/C8H17N5/c1-9-7(6-12(2)3)8-5-10-11-13(8)4/h5,7,9H,6H2,1-4H3. The second kappa shape index (κ2) is 4.34. The molecule has 0 aliphatic rings. The van der Waals surface area contributed by atoms with Gasteiger partial charge in [-0.25, -0.2) is 0 Å². The van der Waals surface area contributed by atoms with Crippen LogP contribution in [0.3, 0.4) is 0 Å². The summed E-state index contributed by atoms with van der Waals surface area (Å²) in [7, 11) is 7.95. The van der Waals surface area contributed by atoms with Crippen molar-refractivity contribution in [3.8, 4) is 0 Å². The molecule has 1 aromatic rings. The number of nitrogens with one attached hydrogen (secondary N) is 1. The van der Waals surface area contributed by atoms with Crippen LogP contribution in [-0.4, -0.2) is 47.6 Å². The predicted molar refractivity (Wildman–Crippen MR) is 51.4 cm³/mol. The van der Waals surface area contributed by atoms with Gasteiger partial charge in [-0.1, -0.05) is 5.21 Å². The van der Waals surface area contributed by atoms with Crippen LogP contribution in [-0.2, 0) is 7.05 Å². The first kappa shape index (κ1) is 10.1. The summed E-state index contributed by atoms with van der Waals surface area (Å²) >= 11 is 0. The van der Waals surface area contributed by atoms with Crippen molar-refractivity contribution in [3.63, 3.8) is 0 Å². The van der Waals surface area contributed by atoms with Crippen molar-refractivity contribution in [2.45, 2.75) is 6.04 Å². The van der Waals surface area contributed by atoms with E-state index in [4.69, 9.17) is 0 Å². The first-order valence-electron chi connectivity index (χ1n) is 4.31. The minimum atomic E-state index is 0.287. The zero-order valence-corrected chi connectivity index (χ0v) is 8.65. The van der Waals surface area contributed by atoms with Gasteiger partial charge in [-0.2, -0.15) is 0 Å². The van der Waals surface area contributed by atoms with Gasteiger partial charge in [0.2, 0.25) is 0 Å². The summed E-state index contributed by atoms with van der Waals surface area (Å²) in [6.07, 6.45) is 1.80. The summed E-state index contributed by atoms with van der Waals surface area (Å²) in [5, 5.41) is 11.0. The molecule has 1 N–H and O–H groups in total. The molecule has 74 valence electrons. The van der Waals surface area contributed by atoms with Gasteiger partial charge in [-0.15, -0.1) is 5.10 Å². The average molecular weight is 183 g/mol. The van der Waals surface area contributed by atoms with Crippen LogP contribution < -0.4 is 5.32 Å². The van der Waals surface area contributed by atoms with E-state index in [-0.39, 0.29) is 6.04 Å². The van der Waals surface area contributed by atoms with E-state index in [1.807, 2.05) is 28.2 Å². The molecule has 0 bridgehead atoms. The molecule has 0 spiro atoms. The number of likely N-dealkylation sites (N-methyl/N-ethyl adjacent to an activating group) is 2. The summed E-state index contributed by atoms with van der Waals surface area (Å²) in [6.45, 7) is 0.942. The minimum Gasteiger partial charge on any atom is -0.311 e. The third-order valence-corrected chi connectivity index (χ3v) is 2.00. The fraction of sp³-hybridized carbons (Fsp3) is 0.750. The Morgan fingerprint density at radius 3 is 2.69 bits per heavy atom. The first-order chi connectivity index (χ1) is 6.15. The van der Waals surface area contributed by atoms with Crippen molar-refractivity contribution < 1.29 is 0 Å². The molecular formula is C8H17N5. The van der Waals surface area contributed by atoms with E-state index in [2.05, 4.69) is 20.5 Å². The van der Waals surface area contributed by atoms with E-state index in [0.29, 0.717) is 0 Å². The topological polar surface area (TPSA) is 46.0 Å². The monoisotopic (exact) mass is 183 g/mol. The Labute approximate surface area is 78.7 Å². The number of rotatable bonds is 4. The number of hydrogen-bond donors (Lipinski definition) is 1. The minimum absolute atomic E-state index is 0.287. The lowest BCUT2D eigenvalue weighted by Crippen LogP contribution is -2.30. The smallest absolute Gasteiger partial charge is 0.0766 e. The van der Waals surface area contributed by atoms with Gasteiger partial charge in [0, 0.05) is 13.6 Å². The van der Waals surface area contributed by atoms with Crippen molar-refractivity contribution in [2.75, 3.05) is 27.7 Å². The average Bonchev–Trinajstić information content (AvgIpc) is 2.47. The number of hydrogen-bond acceptors (Lipinski definition) is 4. The van der Waals surface area contributed by atoms with Gasteiger partial charge in [0.05, 0.1) is 17.9 Å². The summed E-state index contributed by atoms with van der Waals surface area (Å²) in [6, 6.07) is 0.287. The van der Waals surface area contributed by atoms with Crippen molar-refractivity contribution >= 4 is 0 Å². The number of nitrogens with zero attached hydrogens (tertiary/aromatic N) is 4. The maximum Gasteiger partial charge on any atom is 0.0766 e. The van der Waals surface area contributed by atoms with Crippen LogP contribution in [0.4, 0.5) is 0 Å². The molecule has 0 aliphatic heterocycles. The summed E-state index contributed by atoms with van der Waals surface area (Å²) < 4.78 is 1.80. The lowest BCUT2D eigenvalue weighted by molar-refractivity contribution is 0.343. The van der Waals surface area contributed by atoms with Crippen molar-refractivity contribution in [1.82, 2.24) is 25.2 Å². The number of aryl methyl sites for hydroxylation is 1. The molecule has 0 radical (unpaired) electrons. The van der Waals surface area contributed by atoms with Crippen LogP contribution in [0, 0.1) is 0 Å². The highest BCUT2D eigenvalue weighted by molar-refractivity contribution is 5.02. The molecule has 0 saturated heterocycles. The molecule has 0 saturated carbocycles. The lowest BCUT2D eigenvalue weighted by atomic mass is 10.2. The highest BCUT2D eigenvalue weighted by Crippen LogP contribution is 2.09. The van der Waals surface area contributed by atoms with Crippen LogP contribution in [0.2, 0.25) is 0 Å². The summed E-state index contributed by atoms with van der Waals surface area (Å²) in [5.74, 6) is 0. The molecular weight excluding hydrogens is 166 g/mol. The molecule has 0 fully saturated rings. The Balaban J connectivity index is 2.72. The van der Waals surface area contributed by atoms with E-state index in [0.717, 1.165) is 12.2 Å². The molecule has 1 aromatic heterocycles.